The van der Waals surface area contributed by atoms with E-state index in [2.05, 4.69) is 20.9 Å². The second-order valence-electron chi connectivity index (χ2n) is 7.52. The molecule has 5 nitrogen and oxygen atoms in total. The fraction of sp³-hybridized carbons (Fsp3) is 0.0385. The molecule has 0 spiro atoms. The number of ether oxygens (including phenoxy) is 2. The van der Waals surface area contributed by atoms with Crippen LogP contribution in [0, 0.1) is 6.92 Å². The first-order valence-corrected chi connectivity index (χ1v) is 12.2. The third-order valence-corrected chi connectivity index (χ3v) is 7.25. The molecule has 1 aliphatic rings. The molecule has 0 saturated heterocycles. The van der Waals surface area contributed by atoms with Gasteiger partial charge in [0.15, 0.2) is 5.70 Å². The van der Waals surface area contributed by atoms with Gasteiger partial charge in [-0.05, 0) is 49.4 Å². The van der Waals surface area contributed by atoms with E-state index in [9.17, 15) is 9.59 Å². The van der Waals surface area contributed by atoms with E-state index in [0.29, 0.717) is 21.0 Å². The highest BCUT2D eigenvalue weighted by molar-refractivity contribution is 9.10. The summed E-state index contributed by atoms with van der Waals surface area (Å²) in [5.41, 5.74) is 2.37. The van der Waals surface area contributed by atoms with Crippen LogP contribution in [0.5, 0.6) is 5.75 Å². The minimum absolute atomic E-state index is 0.103. The first kappa shape index (κ1) is 22.5. The average molecular weight is 553 g/mol. The van der Waals surface area contributed by atoms with Gasteiger partial charge in [0.1, 0.15) is 10.6 Å². The van der Waals surface area contributed by atoms with E-state index in [-0.39, 0.29) is 17.3 Å². The van der Waals surface area contributed by atoms with E-state index < -0.39 is 11.9 Å². The number of halogens is 2. The highest BCUT2D eigenvalue weighted by Gasteiger charge is 2.25. The van der Waals surface area contributed by atoms with Gasteiger partial charge in [0.05, 0.1) is 5.02 Å². The molecule has 3 aromatic carbocycles. The Morgan fingerprint density at radius 1 is 1.12 bits per heavy atom. The Kier molecular flexibility index (Phi) is 6.08. The van der Waals surface area contributed by atoms with Crippen molar-refractivity contribution in [2.75, 3.05) is 0 Å². The van der Waals surface area contributed by atoms with Crippen LogP contribution in [0.15, 0.2) is 81.9 Å². The van der Waals surface area contributed by atoms with E-state index in [1.165, 1.54) is 17.4 Å². The molecule has 1 aliphatic heterocycles. The number of cyclic esters (lactones) is 1. The van der Waals surface area contributed by atoms with Gasteiger partial charge in [0, 0.05) is 25.7 Å². The fourth-order valence-corrected chi connectivity index (χ4v) is 5.16. The molecule has 34 heavy (non-hydrogen) atoms. The Morgan fingerprint density at radius 2 is 1.88 bits per heavy atom. The lowest BCUT2D eigenvalue weighted by Gasteiger charge is -2.08. The second-order valence-corrected chi connectivity index (χ2v) is 9.86. The summed E-state index contributed by atoms with van der Waals surface area (Å²) >= 11 is 11.1. The van der Waals surface area contributed by atoms with Crippen molar-refractivity contribution in [3.05, 3.63) is 103 Å². The number of nitrogens with zero attached hydrogens (tertiary/aromatic N) is 1. The van der Waals surface area contributed by atoms with Crippen molar-refractivity contribution >= 4 is 72.9 Å². The van der Waals surface area contributed by atoms with Crippen molar-refractivity contribution in [1.82, 2.24) is 0 Å². The fourth-order valence-electron chi connectivity index (χ4n) is 3.39. The summed E-state index contributed by atoms with van der Waals surface area (Å²) in [6, 6.07) is 20.1. The molecule has 5 rings (SSSR count). The van der Waals surface area contributed by atoms with E-state index in [1.807, 2.05) is 55.5 Å². The van der Waals surface area contributed by atoms with Crippen LogP contribution < -0.4 is 4.74 Å². The lowest BCUT2D eigenvalue weighted by atomic mass is 10.1. The average Bonchev–Trinajstić information content (AvgIpc) is 3.36. The smallest absolute Gasteiger partial charge is 0.363 e. The zero-order valence-electron chi connectivity index (χ0n) is 17.7. The number of aliphatic imine (C=N–C) groups is 1. The minimum Gasteiger partial charge on any atom is -0.422 e. The summed E-state index contributed by atoms with van der Waals surface area (Å²) in [5.74, 6) is -0.672. The number of esters is 2. The molecule has 0 amide bonds. The van der Waals surface area contributed by atoms with E-state index in [0.717, 1.165) is 20.1 Å². The number of aryl methyl sites for hydroxylation is 1. The van der Waals surface area contributed by atoms with Crippen LogP contribution in [-0.4, -0.2) is 17.8 Å². The summed E-state index contributed by atoms with van der Waals surface area (Å²) in [7, 11) is 0. The summed E-state index contributed by atoms with van der Waals surface area (Å²) in [6.45, 7) is 1.97. The first-order chi connectivity index (χ1) is 16.4. The normalized spacial score (nSPS) is 14.4. The molecule has 168 valence electrons. The number of carbonyl (C=O) groups is 2. The molecule has 0 saturated carbocycles. The standard InChI is InChI=1S/C26H15BrClNO4S/c1-14-6-8-15(9-7-14)24-29-19(25(30)33-24)13-16-12-17(27)10-11-20(16)32-26(31)23-22(28)18-4-2-3-5-21(18)34-23/h2-13H,1H3/b19-13+. The molecule has 0 radical (unpaired) electrons. The van der Waals surface area contributed by atoms with Gasteiger partial charge in [-0.1, -0.05) is 63.4 Å². The molecule has 2 heterocycles. The van der Waals surface area contributed by atoms with Crippen molar-refractivity contribution < 1.29 is 19.1 Å². The number of hydrogen-bond acceptors (Lipinski definition) is 6. The molecule has 4 aromatic rings. The maximum Gasteiger partial charge on any atom is 0.363 e. The van der Waals surface area contributed by atoms with Crippen molar-refractivity contribution in [3.8, 4) is 5.75 Å². The monoisotopic (exact) mass is 551 g/mol. The SMILES string of the molecule is Cc1ccc(C2=N/C(=C/c3cc(Br)ccc3OC(=O)c3sc4ccccc4c3Cl)C(=O)O2)cc1. The number of carbonyl (C=O) groups excluding carboxylic acids is 2. The van der Waals surface area contributed by atoms with Gasteiger partial charge in [0.25, 0.3) is 0 Å². The zero-order valence-corrected chi connectivity index (χ0v) is 20.8. The summed E-state index contributed by atoms with van der Waals surface area (Å²) in [4.78, 5) is 30.1. The number of hydrogen-bond donors (Lipinski definition) is 0. The summed E-state index contributed by atoms with van der Waals surface area (Å²) < 4.78 is 12.7. The third-order valence-electron chi connectivity index (χ3n) is 5.11. The molecule has 0 unspecified atom stereocenters. The van der Waals surface area contributed by atoms with Crippen molar-refractivity contribution in [3.63, 3.8) is 0 Å². The lowest BCUT2D eigenvalue weighted by molar-refractivity contribution is -0.129. The molecule has 8 heteroatoms. The number of fused-ring (bicyclic) bond motifs is 1. The Balaban J connectivity index is 1.47. The van der Waals surface area contributed by atoms with Gasteiger partial charge < -0.3 is 9.47 Å². The van der Waals surface area contributed by atoms with E-state index in [4.69, 9.17) is 21.1 Å². The number of benzene rings is 3. The Hall–Kier alpha value is -3.26. The first-order valence-electron chi connectivity index (χ1n) is 10.2. The Labute approximate surface area is 212 Å². The van der Waals surface area contributed by atoms with Crippen molar-refractivity contribution in [2.45, 2.75) is 6.92 Å². The predicted octanol–water partition coefficient (Wildman–Crippen LogP) is 7.19. The second kappa shape index (κ2) is 9.18. The van der Waals surface area contributed by atoms with Gasteiger partial charge in [-0.3, -0.25) is 0 Å². The van der Waals surface area contributed by atoms with Crippen LogP contribution in [0.4, 0.5) is 0 Å². The number of thiophene rings is 1. The summed E-state index contributed by atoms with van der Waals surface area (Å²) in [6.07, 6.45) is 1.53. The lowest BCUT2D eigenvalue weighted by Crippen LogP contribution is -2.08. The highest BCUT2D eigenvalue weighted by Crippen LogP contribution is 2.36. The van der Waals surface area contributed by atoms with Crippen LogP contribution in [0.1, 0.15) is 26.4 Å². The van der Waals surface area contributed by atoms with Crippen LogP contribution in [-0.2, 0) is 9.53 Å². The Bertz CT molecular complexity index is 1520. The predicted molar refractivity (Wildman–Crippen MR) is 138 cm³/mol. The molecule has 0 N–H and O–H groups in total. The minimum atomic E-state index is -0.583. The molecule has 0 aliphatic carbocycles. The van der Waals surface area contributed by atoms with Gasteiger partial charge in [-0.2, -0.15) is 0 Å². The van der Waals surface area contributed by atoms with Crippen LogP contribution in [0.2, 0.25) is 5.02 Å². The summed E-state index contributed by atoms with van der Waals surface area (Å²) in [5, 5.41) is 1.15. The van der Waals surface area contributed by atoms with E-state index in [1.54, 1.807) is 18.2 Å². The molecular formula is C26H15BrClNO4S. The maximum atomic E-state index is 13.0. The molecule has 0 atom stereocenters. The topological polar surface area (TPSA) is 65.0 Å². The third kappa shape index (κ3) is 4.42. The zero-order chi connectivity index (χ0) is 23.8. The van der Waals surface area contributed by atoms with E-state index >= 15 is 0 Å². The molecule has 0 bridgehead atoms. The van der Waals surface area contributed by atoms with Gasteiger partial charge in [0.2, 0.25) is 5.90 Å². The van der Waals surface area contributed by atoms with Crippen LogP contribution in [0.25, 0.3) is 16.2 Å². The van der Waals surface area contributed by atoms with Crippen molar-refractivity contribution in [1.29, 1.82) is 0 Å². The van der Waals surface area contributed by atoms with Crippen molar-refractivity contribution in [2.24, 2.45) is 4.99 Å². The van der Waals surface area contributed by atoms with Gasteiger partial charge >= 0.3 is 11.9 Å². The molecule has 0 fully saturated rings. The molecule has 1 aromatic heterocycles. The van der Waals surface area contributed by atoms with Crippen LogP contribution in [0.3, 0.4) is 0 Å². The Morgan fingerprint density at radius 3 is 2.65 bits per heavy atom. The quantitative estimate of drug-likeness (QED) is 0.153. The molecular weight excluding hydrogens is 538 g/mol. The largest absolute Gasteiger partial charge is 0.422 e. The number of rotatable bonds is 4. The highest BCUT2D eigenvalue weighted by atomic mass is 79.9. The van der Waals surface area contributed by atoms with Crippen LogP contribution >= 0.6 is 38.9 Å². The van der Waals surface area contributed by atoms with Gasteiger partial charge in [-0.15, -0.1) is 11.3 Å². The maximum absolute atomic E-state index is 13.0. The van der Waals surface area contributed by atoms with Gasteiger partial charge in [-0.25, -0.2) is 14.6 Å².